The van der Waals surface area contributed by atoms with Crippen molar-refractivity contribution in [1.82, 2.24) is 4.98 Å². The van der Waals surface area contributed by atoms with Crippen molar-refractivity contribution in [2.45, 2.75) is 13.3 Å². The van der Waals surface area contributed by atoms with Gasteiger partial charge in [-0.3, -0.25) is 15.1 Å². The Bertz CT molecular complexity index is 1450. The largest absolute Gasteiger partial charge is 0.453 e. The number of non-ortho nitro benzene ring substituents is 1. The zero-order valence-electron chi connectivity index (χ0n) is 17.0. The molecule has 0 fully saturated rings. The molecule has 5 nitrogen and oxygen atoms in total. The molecule has 0 amide bonds. The minimum atomic E-state index is -0.792. The fourth-order valence-corrected chi connectivity index (χ4v) is 4.52. The molecule has 1 aliphatic carbocycles. The van der Waals surface area contributed by atoms with Crippen LogP contribution in [0.3, 0.4) is 0 Å². The summed E-state index contributed by atoms with van der Waals surface area (Å²) in [6, 6.07) is 19.6. The summed E-state index contributed by atoms with van der Waals surface area (Å²) >= 11 is 1.50. The number of benzene rings is 1. The highest BCUT2D eigenvalue weighted by Gasteiger charge is 2.16. The summed E-state index contributed by atoms with van der Waals surface area (Å²) in [6.07, 6.45) is 2.64. The van der Waals surface area contributed by atoms with Crippen molar-refractivity contribution in [1.29, 1.82) is 0 Å². The van der Waals surface area contributed by atoms with Crippen LogP contribution in [0.15, 0.2) is 72.9 Å². The van der Waals surface area contributed by atoms with Crippen molar-refractivity contribution in [3.8, 4) is 21.9 Å². The number of nitro benzene ring substituents is 1. The van der Waals surface area contributed by atoms with Crippen molar-refractivity contribution < 1.29 is 14.1 Å². The molecule has 0 spiro atoms. The number of aromatic nitrogens is 1. The van der Waals surface area contributed by atoms with Gasteiger partial charge in [-0.1, -0.05) is 42.0 Å². The topological polar surface area (TPSA) is 65.3 Å². The number of nitrogens with zero attached hydrogens (tertiary/aromatic N) is 2. The van der Waals surface area contributed by atoms with Gasteiger partial charge in [-0.25, -0.2) is 4.39 Å². The van der Waals surface area contributed by atoms with Gasteiger partial charge in [0.1, 0.15) is 5.75 Å². The summed E-state index contributed by atoms with van der Waals surface area (Å²) in [5.41, 5.74) is 5.37. The average molecular weight is 444 g/mol. The highest BCUT2D eigenvalue weighted by molar-refractivity contribution is 7.22. The summed E-state index contributed by atoms with van der Waals surface area (Å²) in [5.74, 6) is -0.420. The molecule has 0 saturated carbocycles. The second-order valence-corrected chi connectivity index (χ2v) is 8.59. The fourth-order valence-electron chi connectivity index (χ4n) is 3.44. The number of hydrogen-bond acceptors (Lipinski definition) is 5. The molecule has 0 atom stereocenters. The van der Waals surface area contributed by atoms with Gasteiger partial charge in [-0.15, -0.1) is 11.3 Å². The van der Waals surface area contributed by atoms with Crippen LogP contribution in [0, 0.1) is 22.9 Å². The van der Waals surface area contributed by atoms with Gasteiger partial charge >= 0.3 is 0 Å². The maximum atomic E-state index is 14.3. The SMILES string of the molecule is Cc1ccc(-c2cc3nccc(Oc4ccc([N+](=O)[O-])cc4F)c3s2)cccc2c(c1)C2. The quantitative estimate of drug-likeness (QED) is 0.218. The van der Waals surface area contributed by atoms with Crippen molar-refractivity contribution >= 4 is 27.2 Å². The molecule has 2 heterocycles. The van der Waals surface area contributed by atoms with Crippen LogP contribution in [-0.4, -0.2) is 9.91 Å². The first-order chi connectivity index (χ1) is 15.5. The van der Waals surface area contributed by atoms with Crippen LogP contribution in [0.25, 0.3) is 20.7 Å². The van der Waals surface area contributed by atoms with Gasteiger partial charge in [0.05, 0.1) is 21.2 Å². The normalized spacial score (nSPS) is 11.6. The van der Waals surface area contributed by atoms with Crippen molar-refractivity contribution in [2.24, 2.45) is 0 Å². The van der Waals surface area contributed by atoms with Gasteiger partial charge in [0.25, 0.3) is 5.69 Å². The van der Waals surface area contributed by atoms with E-state index in [9.17, 15) is 14.5 Å². The first kappa shape index (κ1) is 20.1. The van der Waals surface area contributed by atoms with Gasteiger partial charge < -0.3 is 4.74 Å². The lowest BCUT2D eigenvalue weighted by Gasteiger charge is -2.07. The molecule has 5 rings (SSSR count). The first-order valence-corrected chi connectivity index (χ1v) is 10.8. The van der Waals surface area contributed by atoms with E-state index in [0.717, 1.165) is 33.1 Å². The van der Waals surface area contributed by atoms with Crippen LogP contribution in [-0.2, 0) is 6.42 Å². The van der Waals surface area contributed by atoms with E-state index in [-0.39, 0.29) is 11.4 Å². The molecular weight excluding hydrogens is 427 g/mol. The summed E-state index contributed by atoms with van der Waals surface area (Å²) in [4.78, 5) is 15.6. The molecule has 158 valence electrons. The molecular formula is C25H17FN2O3S. The lowest BCUT2D eigenvalue weighted by molar-refractivity contribution is -0.385. The van der Waals surface area contributed by atoms with Gasteiger partial charge in [-0.2, -0.15) is 0 Å². The standard InChI is InChI=1S/C25H17FN2O3S/c1-15-5-6-16(3-2-4-17-12-18(17)11-15)24-14-21-25(32-24)23(9-10-27-21)31-22-8-7-19(28(29)30)13-20(22)26/h2-11,13-14H,12H2,1H3. The predicted octanol–water partition coefficient (Wildman–Crippen LogP) is 7.14. The van der Waals surface area contributed by atoms with E-state index < -0.39 is 10.7 Å². The Morgan fingerprint density at radius 1 is 1.03 bits per heavy atom. The van der Waals surface area contributed by atoms with E-state index in [1.807, 2.05) is 6.07 Å². The zero-order valence-corrected chi connectivity index (χ0v) is 17.9. The molecule has 0 aliphatic heterocycles. The summed E-state index contributed by atoms with van der Waals surface area (Å²) in [6.45, 7) is 2.08. The van der Waals surface area contributed by atoms with Crippen LogP contribution in [0.4, 0.5) is 10.1 Å². The highest BCUT2D eigenvalue weighted by atomic mass is 32.1. The lowest BCUT2D eigenvalue weighted by atomic mass is 10.2. The lowest BCUT2D eigenvalue weighted by Crippen LogP contribution is -1.92. The van der Waals surface area contributed by atoms with Gasteiger partial charge in [-0.05, 0) is 42.2 Å². The molecule has 0 saturated heterocycles. The monoisotopic (exact) mass is 444 g/mol. The number of pyridine rings is 1. The summed E-state index contributed by atoms with van der Waals surface area (Å²) < 4.78 is 20.9. The van der Waals surface area contributed by atoms with Gasteiger partial charge in [0.2, 0.25) is 0 Å². The molecule has 0 unspecified atom stereocenters. The minimum Gasteiger partial charge on any atom is -0.453 e. The van der Waals surface area contributed by atoms with Crippen molar-refractivity contribution in [3.63, 3.8) is 0 Å². The minimum absolute atomic E-state index is 0.0759. The maximum absolute atomic E-state index is 14.3. The molecule has 0 radical (unpaired) electrons. The molecule has 2 aromatic heterocycles. The summed E-state index contributed by atoms with van der Waals surface area (Å²) in [5, 5.41) is 10.8. The Balaban J connectivity index is 1.54. The number of hydrogen-bond donors (Lipinski definition) is 0. The fraction of sp³-hybridized carbons (Fsp3) is 0.0800. The van der Waals surface area contributed by atoms with E-state index >= 15 is 0 Å². The van der Waals surface area contributed by atoms with E-state index in [1.165, 1.54) is 40.2 Å². The Kier molecular flexibility index (Phi) is 5.03. The number of nitro groups is 1. The predicted molar refractivity (Wildman–Crippen MR) is 123 cm³/mol. The number of halogens is 1. The second kappa shape index (κ2) is 8.01. The van der Waals surface area contributed by atoms with Crippen LogP contribution in [0.1, 0.15) is 16.7 Å². The number of fused-ring (bicyclic) bond motifs is 2. The molecule has 0 N–H and O–H groups in total. The smallest absolute Gasteiger partial charge is 0.272 e. The maximum Gasteiger partial charge on any atom is 0.272 e. The summed E-state index contributed by atoms with van der Waals surface area (Å²) in [7, 11) is 0. The zero-order chi connectivity index (χ0) is 22.2. The Morgan fingerprint density at radius 2 is 1.91 bits per heavy atom. The molecule has 2 aromatic carbocycles. The third kappa shape index (κ3) is 4.02. The Hall–Kier alpha value is -3.84. The van der Waals surface area contributed by atoms with E-state index in [0.29, 0.717) is 5.75 Å². The molecule has 7 heteroatoms. The Morgan fingerprint density at radius 3 is 2.72 bits per heavy atom. The number of aryl methyl sites for hydroxylation is 1. The third-order valence-corrected chi connectivity index (χ3v) is 6.36. The molecule has 1 aliphatic rings. The van der Waals surface area contributed by atoms with Crippen LogP contribution in [0.5, 0.6) is 11.5 Å². The average Bonchev–Trinajstić information content (AvgIpc) is 3.34. The molecule has 32 heavy (non-hydrogen) atoms. The van der Waals surface area contributed by atoms with Gasteiger partial charge in [0, 0.05) is 23.2 Å². The van der Waals surface area contributed by atoms with E-state index in [2.05, 4.69) is 48.3 Å². The van der Waals surface area contributed by atoms with Gasteiger partial charge in [0.15, 0.2) is 11.6 Å². The van der Waals surface area contributed by atoms with Crippen LogP contribution < -0.4 is 4.74 Å². The second-order valence-electron chi connectivity index (χ2n) is 7.54. The van der Waals surface area contributed by atoms with Crippen molar-refractivity contribution in [2.75, 3.05) is 0 Å². The van der Waals surface area contributed by atoms with Crippen molar-refractivity contribution in [3.05, 3.63) is 106 Å². The third-order valence-electron chi connectivity index (χ3n) is 5.18. The first-order valence-electron chi connectivity index (χ1n) is 9.95. The number of ether oxygens (including phenoxy) is 1. The molecule has 4 aromatic rings. The number of rotatable bonds is 4. The van der Waals surface area contributed by atoms with E-state index in [4.69, 9.17) is 4.74 Å². The van der Waals surface area contributed by atoms with Crippen LogP contribution >= 0.6 is 11.3 Å². The molecule has 0 bridgehead atoms. The van der Waals surface area contributed by atoms with Crippen LogP contribution in [0.2, 0.25) is 0 Å². The Labute approximate surface area is 187 Å². The number of thiophene rings is 1. The highest BCUT2D eigenvalue weighted by Crippen LogP contribution is 2.39. The van der Waals surface area contributed by atoms with E-state index in [1.54, 1.807) is 12.3 Å².